The quantitative estimate of drug-likeness (QED) is 0.162. The van der Waals surface area contributed by atoms with Gasteiger partial charge in [0.1, 0.15) is 9.85 Å². The van der Waals surface area contributed by atoms with E-state index in [4.69, 9.17) is 11.6 Å². The van der Waals surface area contributed by atoms with E-state index in [2.05, 4.69) is 4.74 Å². The maximum absolute atomic E-state index is 10.5. The van der Waals surface area contributed by atoms with Crippen LogP contribution in [0.1, 0.15) is 0 Å². The third-order valence-electron chi connectivity index (χ3n) is 2.02. The Hall–Kier alpha value is -2.75. The van der Waals surface area contributed by atoms with Gasteiger partial charge in [0.15, 0.2) is 14.8 Å². The lowest BCUT2D eigenvalue weighted by Crippen LogP contribution is -2.57. The van der Waals surface area contributed by atoms with Gasteiger partial charge in [-0.15, -0.1) is 0 Å². The standard InChI is InChI=1S/C4H4ClN5O11/c5-3(6(11)12,7(13)14)1-21-2-4(8(15)16,9(17)18)10(19)20/h1-2H2. The highest BCUT2D eigenvalue weighted by atomic mass is 35.5. The van der Waals surface area contributed by atoms with Gasteiger partial charge in [-0.3, -0.25) is 50.6 Å². The number of hydrogen-bond acceptors (Lipinski definition) is 11. The van der Waals surface area contributed by atoms with Crippen molar-refractivity contribution < 1.29 is 29.4 Å². The topological polar surface area (TPSA) is 225 Å². The molecule has 0 saturated heterocycles. The Morgan fingerprint density at radius 1 is 0.714 bits per heavy atom. The normalized spacial score (nSPS) is 11.7. The summed E-state index contributed by atoms with van der Waals surface area (Å²) in [5.74, 6) is -4.06. The molecule has 118 valence electrons. The second kappa shape index (κ2) is 6.13. The van der Waals surface area contributed by atoms with Crippen molar-refractivity contribution in [3.63, 3.8) is 0 Å². The molecule has 0 aromatic carbocycles. The molecule has 0 bridgehead atoms. The SMILES string of the molecule is O=[N+]([O-])C(Cl)(COCC([N+](=O)[O-])([N+](=O)[O-])[N+](=O)[O-])[N+](=O)[O-]. The highest BCUT2D eigenvalue weighted by Crippen LogP contribution is 2.19. The van der Waals surface area contributed by atoms with Crippen LogP contribution < -0.4 is 0 Å². The molecule has 0 spiro atoms. The van der Waals surface area contributed by atoms with Crippen LogP contribution in [0.3, 0.4) is 0 Å². The van der Waals surface area contributed by atoms with Gasteiger partial charge in [0.2, 0.25) is 6.61 Å². The first-order chi connectivity index (χ1) is 9.42. The van der Waals surface area contributed by atoms with Crippen LogP contribution in [-0.2, 0) is 4.74 Å². The Morgan fingerprint density at radius 3 is 1.29 bits per heavy atom. The van der Waals surface area contributed by atoms with Gasteiger partial charge >= 0.3 is 10.9 Å². The number of hydrogen-bond donors (Lipinski definition) is 0. The average molecular weight is 334 g/mol. The minimum atomic E-state index is -4.06. The Bertz CT molecular complexity index is 455. The van der Waals surface area contributed by atoms with Crippen LogP contribution in [0.5, 0.6) is 0 Å². The Kier molecular flexibility index (Phi) is 5.33. The van der Waals surface area contributed by atoms with Crippen LogP contribution in [0, 0.1) is 50.6 Å². The van der Waals surface area contributed by atoms with Crippen LogP contribution in [-0.4, -0.2) is 48.7 Å². The van der Waals surface area contributed by atoms with Gasteiger partial charge in [-0.2, -0.15) is 0 Å². The smallest absolute Gasteiger partial charge is 0.343 e. The lowest BCUT2D eigenvalue weighted by atomic mass is 10.4. The first kappa shape index (κ1) is 18.2. The zero-order valence-electron chi connectivity index (χ0n) is 9.52. The van der Waals surface area contributed by atoms with E-state index in [-0.39, 0.29) is 0 Å². The summed E-state index contributed by atoms with van der Waals surface area (Å²) < 4.78 is 4.03. The number of ether oxygens (including phenoxy) is 1. The van der Waals surface area contributed by atoms with Crippen molar-refractivity contribution in [1.82, 2.24) is 0 Å². The van der Waals surface area contributed by atoms with Crippen molar-refractivity contribution in [3.8, 4) is 0 Å². The molecule has 0 aliphatic rings. The molecule has 0 N–H and O–H groups in total. The van der Waals surface area contributed by atoms with E-state index in [1.165, 1.54) is 0 Å². The van der Waals surface area contributed by atoms with Crippen molar-refractivity contribution in [2.45, 2.75) is 10.9 Å². The lowest BCUT2D eigenvalue weighted by molar-refractivity contribution is -0.970. The number of nitrogens with zero attached hydrogens (tertiary/aromatic N) is 5. The molecule has 0 unspecified atom stereocenters. The Labute approximate surface area is 117 Å². The first-order valence-electron chi connectivity index (χ1n) is 4.42. The number of halogens is 1. The molecule has 0 aromatic rings. The van der Waals surface area contributed by atoms with E-state index in [9.17, 15) is 50.6 Å². The van der Waals surface area contributed by atoms with E-state index in [1.807, 2.05) is 0 Å². The molecule has 0 aliphatic heterocycles. The van der Waals surface area contributed by atoms with Crippen LogP contribution in [0.4, 0.5) is 0 Å². The molecular formula is C4H4ClN5O11. The second-order valence-corrected chi connectivity index (χ2v) is 3.88. The minimum absolute atomic E-state index is 1.64. The van der Waals surface area contributed by atoms with Crippen LogP contribution in [0.25, 0.3) is 0 Å². The molecule has 0 amide bonds. The van der Waals surface area contributed by atoms with Gasteiger partial charge in [0.05, 0.1) is 11.6 Å². The predicted molar refractivity (Wildman–Crippen MR) is 57.1 cm³/mol. The molecule has 0 radical (unpaired) electrons. The molecule has 17 heteroatoms. The van der Waals surface area contributed by atoms with E-state index >= 15 is 0 Å². The fraction of sp³-hybridized carbons (Fsp3) is 1.00. The Morgan fingerprint density at radius 2 is 1.05 bits per heavy atom. The number of alkyl halides is 1. The van der Waals surface area contributed by atoms with Crippen LogP contribution >= 0.6 is 11.6 Å². The predicted octanol–water partition coefficient (Wildman–Crippen LogP) is -1.07. The second-order valence-electron chi connectivity index (χ2n) is 3.27. The van der Waals surface area contributed by atoms with Crippen molar-refractivity contribution in [2.24, 2.45) is 0 Å². The van der Waals surface area contributed by atoms with Crippen LogP contribution in [0.15, 0.2) is 0 Å². The fourth-order valence-corrected chi connectivity index (χ4v) is 0.925. The van der Waals surface area contributed by atoms with E-state index in [1.54, 1.807) is 0 Å². The summed E-state index contributed by atoms with van der Waals surface area (Å²) in [5, 5.41) is 48.7. The van der Waals surface area contributed by atoms with Crippen molar-refractivity contribution >= 4 is 11.6 Å². The lowest BCUT2D eigenvalue weighted by Gasteiger charge is -2.11. The van der Waals surface area contributed by atoms with Crippen molar-refractivity contribution in [3.05, 3.63) is 50.6 Å². The van der Waals surface area contributed by atoms with E-state index in [0.29, 0.717) is 0 Å². The zero-order chi connectivity index (χ0) is 17.0. The van der Waals surface area contributed by atoms with Crippen molar-refractivity contribution in [1.29, 1.82) is 0 Å². The van der Waals surface area contributed by atoms with Crippen LogP contribution in [0.2, 0.25) is 0 Å². The molecule has 0 fully saturated rings. The van der Waals surface area contributed by atoms with Gasteiger partial charge in [0.25, 0.3) is 6.61 Å². The minimum Gasteiger partial charge on any atom is -0.343 e. The van der Waals surface area contributed by atoms with Gasteiger partial charge in [0, 0.05) is 0 Å². The monoisotopic (exact) mass is 333 g/mol. The van der Waals surface area contributed by atoms with Crippen molar-refractivity contribution in [2.75, 3.05) is 13.2 Å². The summed E-state index contributed by atoms with van der Waals surface area (Å²) in [6, 6.07) is 0. The summed E-state index contributed by atoms with van der Waals surface area (Å²) in [6.07, 6.45) is 0. The largest absolute Gasteiger partial charge is 0.723 e. The van der Waals surface area contributed by atoms with E-state index in [0.717, 1.165) is 0 Å². The number of rotatable bonds is 9. The molecule has 0 heterocycles. The molecule has 0 aromatic heterocycles. The Balaban J connectivity index is 5.24. The molecule has 0 saturated carbocycles. The third kappa shape index (κ3) is 3.23. The molecule has 16 nitrogen and oxygen atoms in total. The highest BCUT2D eigenvalue weighted by molar-refractivity contribution is 6.21. The highest BCUT2D eigenvalue weighted by Gasteiger charge is 2.71. The zero-order valence-corrected chi connectivity index (χ0v) is 10.3. The molecule has 0 aliphatic carbocycles. The maximum Gasteiger partial charge on any atom is 0.723 e. The molecule has 0 rings (SSSR count). The van der Waals surface area contributed by atoms with Gasteiger partial charge < -0.3 is 4.74 Å². The van der Waals surface area contributed by atoms with Gasteiger partial charge in [-0.05, 0) is 0 Å². The number of nitro groups is 5. The summed E-state index contributed by atoms with van der Waals surface area (Å²) in [6.45, 7) is -3.58. The molecule has 0 atom stereocenters. The molecule has 21 heavy (non-hydrogen) atoms. The summed E-state index contributed by atoms with van der Waals surface area (Å²) >= 11 is 4.94. The summed E-state index contributed by atoms with van der Waals surface area (Å²) in [5.41, 5.74) is 0. The van der Waals surface area contributed by atoms with Gasteiger partial charge in [-0.25, -0.2) is 0 Å². The molecular weight excluding hydrogens is 330 g/mol. The summed E-state index contributed by atoms with van der Waals surface area (Å²) in [4.78, 5) is 43.1. The summed E-state index contributed by atoms with van der Waals surface area (Å²) in [7, 11) is 0. The first-order valence-corrected chi connectivity index (χ1v) is 4.80. The van der Waals surface area contributed by atoms with E-state index < -0.39 is 48.7 Å². The maximum atomic E-state index is 10.5. The van der Waals surface area contributed by atoms with Gasteiger partial charge in [-0.1, -0.05) is 0 Å². The fourth-order valence-electron chi connectivity index (χ4n) is 0.848. The third-order valence-corrected chi connectivity index (χ3v) is 2.40. The average Bonchev–Trinajstić information content (AvgIpc) is 2.32.